The SMILES string of the molecule is COC1=C(C)C(=O)O[C@@H]1C/C(C)=C/CC[C@H](C)CO. The molecule has 4 nitrogen and oxygen atoms in total. The van der Waals surface area contributed by atoms with Gasteiger partial charge in [0.2, 0.25) is 0 Å². The molecule has 0 spiro atoms. The summed E-state index contributed by atoms with van der Waals surface area (Å²) in [5.41, 5.74) is 1.74. The zero-order valence-electron chi connectivity index (χ0n) is 12.2. The van der Waals surface area contributed by atoms with Crippen LogP contribution in [0.2, 0.25) is 0 Å². The van der Waals surface area contributed by atoms with Gasteiger partial charge in [-0.2, -0.15) is 0 Å². The summed E-state index contributed by atoms with van der Waals surface area (Å²) in [5.74, 6) is 0.676. The van der Waals surface area contributed by atoms with E-state index in [1.165, 1.54) is 5.57 Å². The summed E-state index contributed by atoms with van der Waals surface area (Å²) >= 11 is 0. The second-order valence-electron chi connectivity index (χ2n) is 5.21. The Kier molecular flexibility index (Phi) is 6.09. The number of aliphatic hydroxyl groups is 1. The van der Waals surface area contributed by atoms with Gasteiger partial charge in [-0.1, -0.05) is 18.6 Å². The monoisotopic (exact) mass is 268 g/mol. The number of methoxy groups -OCH3 is 1. The van der Waals surface area contributed by atoms with Crippen molar-refractivity contribution in [1.29, 1.82) is 0 Å². The van der Waals surface area contributed by atoms with Gasteiger partial charge in [0, 0.05) is 13.0 Å². The molecule has 2 atom stereocenters. The van der Waals surface area contributed by atoms with E-state index in [4.69, 9.17) is 14.6 Å². The zero-order chi connectivity index (χ0) is 14.4. The smallest absolute Gasteiger partial charge is 0.338 e. The molecule has 0 saturated heterocycles. The highest BCUT2D eigenvalue weighted by atomic mass is 16.6. The Morgan fingerprint density at radius 1 is 1.58 bits per heavy atom. The van der Waals surface area contributed by atoms with E-state index in [0.29, 0.717) is 23.7 Å². The lowest BCUT2D eigenvalue weighted by Gasteiger charge is -2.13. The molecule has 108 valence electrons. The fourth-order valence-electron chi connectivity index (χ4n) is 2.11. The number of hydrogen-bond donors (Lipinski definition) is 1. The summed E-state index contributed by atoms with van der Waals surface area (Å²) < 4.78 is 10.5. The Bertz CT molecular complexity index is 382. The zero-order valence-corrected chi connectivity index (χ0v) is 12.2. The van der Waals surface area contributed by atoms with Crippen molar-refractivity contribution in [2.24, 2.45) is 5.92 Å². The number of aliphatic hydroxyl groups excluding tert-OH is 1. The number of cyclic esters (lactones) is 1. The van der Waals surface area contributed by atoms with E-state index in [0.717, 1.165) is 12.8 Å². The fourth-order valence-corrected chi connectivity index (χ4v) is 2.11. The highest BCUT2D eigenvalue weighted by molar-refractivity contribution is 5.91. The van der Waals surface area contributed by atoms with Gasteiger partial charge in [0.1, 0.15) is 5.76 Å². The van der Waals surface area contributed by atoms with Crippen LogP contribution < -0.4 is 0 Å². The predicted molar refractivity (Wildman–Crippen MR) is 73.4 cm³/mol. The minimum atomic E-state index is -0.288. The molecule has 1 N–H and O–H groups in total. The second kappa shape index (κ2) is 7.34. The molecule has 4 heteroatoms. The van der Waals surface area contributed by atoms with Crippen LogP contribution in [0, 0.1) is 5.92 Å². The Morgan fingerprint density at radius 2 is 2.26 bits per heavy atom. The molecule has 0 unspecified atom stereocenters. The van der Waals surface area contributed by atoms with Crippen LogP contribution in [0.25, 0.3) is 0 Å². The van der Waals surface area contributed by atoms with E-state index in [1.807, 2.05) is 13.8 Å². The minimum Gasteiger partial charge on any atom is -0.497 e. The van der Waals surface area contributed by atoms with Crippen molar-refractivity contribution in [2.45, 2.75) is 46.1 Å². The first-order valence-electron chi connectivity index (χ1n) is 6.71. The number of ether oxygens (including phenoxy) is 2. The summed E-state index contributed by atoms with van der Waals surface area (Å²) in [6.07, 6.45) is 4.41. The quantitative estimate of drug-likeness (QED) is 0.569. The summed E-state index contributed by atoms with van der Waals surface area (Å²) in [6.45, 7) is 6.00. The molecule has 0 aromatic heterocycles. The van der Waals surface area contributed by atoms with E-state index in [-0.39, 0.29) is 18.7 Å². The van der Waals surface area contributed by atoms with Gasteiger partial charge in [0.25, 0.3) is 0 Å². The molecule has 1 aliphatic heterocycles. The van der Waals surface area contributed by atoms with Crippen LogP contribution in [0.5, 0.6) is 0 Å². The molecule has 0 aliphatic carbocycles. The first kappa shape index (κ1) is 15.8. The van der Waals surface area contributed by atoms with Gasteiger partial charge in [0.05, 0.1) is 12.7 Å². The molecule has 0 amide bonds. The number of carbonyl (C=O) groups is 1. The number of allylic oxidation sites excluding steroid dienone is 1. The molecular weight excluding hydrogens is 244 g/mol. The molecule has 0 radical (unpaired) electrons. The van der Waals surface area contributed by atoms with Crippen LogP contribution in [0.1, 0.15) is 40.0 Å². The lowest BCUT2D eigenvalue weighted by Crippen LogP contribution is -2.13. The van der Waals surface area contributed by atoms with Gasteiger partial charge < -0.3 is 14.6 Å². The number of rotatable bonds is 7. The predicted octanol–water partition coefficient (Wildman–Crippen LogP) is 2.58. The topological polar surface area (TPSA) is 55.8 Å². The lowest BCUT2D eigenvalue weighted by atomic mass is 10.0. The van der Waals surface area contributed by atoms with Crippen molar-refractivity contribution in [3.63, 3.8) is 0 Å². The average molecular weight is 268 g/mol. The number of carbonyl (C=O) groups excluding carboxylic acids is 1. The Balaban J connectivity index is 2.51. The van der Waals surface area contributed by atoms with E-state index in [2.05, 4.69) is 6.08 Å². The van der Waals surface area contributed by atoms with Gasteiger partial charge in [-0.25, -0.2) is 4.79 Å². The van der Waals surface area contributed by atoms with Crippen LogP contribution in [0.15, 0.2) is 23.0 Å². The second-order valence-corrected chi connectivity index (χ2v) is 5.21. The minimum absolute atomic E-state index is 0.225. The average Bonchev–Trinajstić information content (AvgIpc) is 2.64. The molecule has 19 heavy (non-hydrogen) atoms. The molecule has 1 heterocycles. The molecule has 0 bridgehead atoms. The van der Waals surface area contributed by atoms with Crippen molar-refractivity contribution >= 4 is 5.97 Å². The van der Waals surface area contributed by atoms with Gasteiger partial charge in [-0.05, 0) is 32.6 Å². The maximum absolute atomic E-state index is 11.5. The lowest BCUT2D eigenvalue weighted by molar-refractivity contribution is -0.140. The van der Waals surface area contributed by atoms with Gasteiger partial charge in [-0.15, -0.1) is 0 Å². The third kappa shape index (κ3) is 4.39. The van der Waals surface area contributed by atoms with E-state index >= 15 is 0 Å². The van der Waals surface area contributed by atoms with Crippen molar-refractivity contribution in [2.75, 3.05) is 13.7 Å². The maximum Gasteiger partial charge on any atom is 0.338 e. The van der Waals surface area contributed by atoms with Crippen molar-refractivity contribution in [3.8, 4) is 0 Å². The van der Waals surface area contributed by atoms with E-state index in [1.54, 1.807) is 14.0 Å². The van der Waals surface area contributed by atoms with Crippen LogP contribution in [0.4, 0.5) is 0 Å². The molecule has 1 rings (SSSR count). The molecule has 1 aliphatic rings. The third-order valence-electron chi connectivity index (χ3n) is 3.41. The first-order chi connectivity index (χ1) is 8.99. The third-order valence-corrected chi connectivity index (χ3v) is 3.41. The van der Waals surface area contributed by atoms with Crippen LogP contribution in [-0.4, -0.2) is 30.9 Å². The summed E-state index contributed by atoms with van der Waals surface area (Å²) in [6, 6.07) is 0. The Labute approximate surface area is 115 Å². The number of hydrogen-bond acceptors (Lipinski definition) is 4. The molecule has 0 saturated carbocycles. The molecular formula is C15H24O4. The number of esters is 1. The van der Waals surface area contributed by atoms with Crippen molar-refractivity contribution < 1.29 is 19.4 Å². The summed E-state index contributed by atoms with van der Waals surface area (Å²) in [5, 5.41) is 8.95. The normalized spacial score (nSPS) is 21.6. The van der Waals surface area contributed by atoms with E-state index in [9.17, 15) is 4.79 Å². The first-order valence-corrected chi connectivity index (χ1v) is 6.71. The standard InChI is InChI=1S/C15H24O4/c1-10(6-5-7-11(2)9-16)8-13-14(18-4)12(3)15(17)19-13/h6,11,13,16H,5,7-9H2,1-4H3/b10-6+/t11-,13+/m0/s1. The molecule has 0 aromatic carbocycles. The largest absolute Gasteiger partial charge is 0.497 e. The summed E-state index contributed by atoms with van der Waals surface area (Å²) in [4.78, 5) is 11.5. The maximum atomic E-state index is 11.5. The Hall–Kier alpha value is -1.29. The van der Waals surface area contributed by atoms with Crippen LogP contribution in [0.3, 0.4) is 0 Å². The van der Waals surface area contributed by atoms with Crippen LogP contribution >= 0.6 is 0 Å². The van der Waals surface area contributed by atoms with Crippen LogP contribution in [-0.2, 0) is 14.3 Å². The van der Waals surface area contributed by atoms with Crippen molar-refractivity contribution in [3.05, 3.63) is 23.0 Å². The summed E-state index contributed by atoms with van der Waals surface area (Å²) in [7, 11) is 1.57. The van der Waals surface area contributed by atoms with Gasteiger partial charge in [-0.3, -0.25) is 0 Å². The molecule has 0 aromatic rings. The Morgan fingerprint density at radius 3 is 2.84 bits per heavy atom. The van der Waals surface area contributed by atoms with E-state index < -0.39 is 0 Å². The highest BCUT2D eigenvalue weighted by Crippen LogP contribution is 2.27. The van der Waals surface area contributed by atoms with Crippen molar-refractivity contribution in [1.82, 2.24) is 0 Å². The fraction of sp³-hybridized carbons (Fsp3) is 0.667. The molecule has 0 fully saturated rings. The van der Waals surface area contributed by atoms with Gasteiger partial charge in [0.15, 0.2) is 6.10 Å². The highest BCUT2D eigenvalue weighted by Gasteiger charge is 2.32. The van der Waals surface area contributed by atoms with Gasteiger partial charge >= 0.3 is 5.97 Å².